The van der Waals surface area contributed by atoms with Gasteiger partial charge in [-0.1, -0.05) is 78.5 Å². The molecule has 0 bridgehead atoms. The lowest BCUT2D eigenvalue weighted by atomic mass is 9.98. The summed E-state index contributed by atoms with van der Waals surface area (Å²) in [6.45, 7) is 2.22. The Balaban J connectivity index is 2.18. The van der Waals surface area contributed by atoms with Gasteiger partial charge < -0.3 is 0 Å². The Morgan fingerprint density at radius 2 is 1.44 bits per heavy atom. The third-order valence-corrected chi connectivity index (χ3v) is 4.18. The molecule has 0 unspecified atom stereocenters. The van der Waals surface area contributed by atoms with Gasteiger partial charge in [0.05, 0.1) is 9.52 Å². The van der Waals surface area contributed by atoms with Gasteiger partial charge in [-0.25, -0.2) is 0 Å². The van der Waals surface area contributed by atoms with Crippen molar-refractivity contribution in [3.05, 3.63) is 66.7 Å². The number of rotatable bonds is 2. The lowest BCUT2D eigenvalue weighted by Crippen LogP contribution is -2.08. The van der Waals surface area contributed by atoms with Gasteiger partial charge in [-0.05, 0) is 21.9 Å². The van der Waals surface area contributed by atoms with Crippen LogP contribution in [0.1, 0.15) is 0 Å². The topological polar surface area (TPSA) is 0 Å². The third-order valence-electron chi connectivity index (χ3n) is 3.27. The van der Waals surface area contributed by atoms with Crippen LogP contribution in [0.5, 0.6) is 0 Å². The third kappa shape index (κ3) is 1.98. The Kier molecular flexibility index (Phi) is 2.99. The van der Waals surface area contributed by atoms with E-state index in [9.17, 15) is 0 Å². The van der Waals surface area contributed by atoms with Crippen LogP contribution < -0.4 is 5.19 Å². The molecule has 0 heterocycles. The van der Waals surface area contributed by atoms with Gasteiger partial charge in [0.25, 0.3) is 0 Å². The van der Waals surface area contributed by atoms with Crippen molar-refractivity contribution in [3.8, 4) is 11.1 Å². The number of benzene rings is 3. The average Bonchev–Trinajstić information content (AvgIpc) is 2.47. The van der Waals surface area contributed by atoms with Crippen molar-refractivity contribution in [2.45, 2.75) is 6.55 Å². The Morgan fingerprint density at radius 1 is 0.722 bits per heavy atom. The summed E-state index contributed by atoms with van der Waals surface area (Å²) in [7, 11) is 0.865. The standard InChI is InChI=1S/C17H14Si/c1-18-15-11-9-14(10-12-15)17-8-4-6-13-5-2-3-7-16(13)17/h2-12H,1H3. The zero-order chi connectivity index (χ0) is 12.4. The molecular formula is C17H14Si. The van der Waals surface area contributed by atoms with Crippen LogP contribution in [0.4, 0.5) is 0 Å². The van der Waals surface area contributed by atoms with Crippen LogP contribution in [0.25, 0.3) is 21.9 Å². The maximum absolute atomic E-state index is 2.23. The maximum atomic E-state index is 2.23. The molecule has 3 aromatic rings. The molecule has 2 radical (unpaired) electrons. The molecule has 3 rings (SSSR count). The molecule has 0 fully saturated rings. The van der Waals surface area contributed by atoms with Crippen LogP contribution in [0.15, 0.2) is 66.7 Å². The van der Waals surface area contributed by atoms with E-state index in [1.165, 1.54) is 27.1 Å². The van der Waals surface area contributed by atoms with E-state index >= 15 is 0 Å². The minimum atomic E-state index is 0.865. The lowest BCUT2D eigenvalue weighted by Gasteiger charge is -2.07. The minimum absolute atomic E-state index is 0.865. The average molecular weight is 246 g/mol. The highest BCUT2D eigenvalue weighted by atomic mass is 28.2. The normalized spacial score (nSPS) is 10.7. The zero-order valence-electron chi connectivity index (χ0n) is 10.4. The van der Waals surface area contributed by atoms with E-state index in [1.54, 1.807) is 0 Å². The molecule has 0 atom stereocenters. The predicted octanol–water partition coefficient (Wildman–Crippen LogP) is 3.88. The van der Waals surface area contributed by atoms with Gasteiger partial charge in [0, 0.05) is 0 Å². The summed E-state index contributed by atoms with van der Waals surface area (Å²) in [6, 6.07) is 24.0. The summed E-state index contributed by atoms with van der Waals surface area (Å²) in [5.41, 5.74) is 2.62. The van der Waals surface area contributed by atoms with Crippen molar-refractivity contribution < 1.29 is 0 Å². The van der Waals surface area contributed by atoms with Crippen molar-refractivity contribution in [3.63, 3.8) is 0 Å². The first-order chi connectivity index (χ1) is 8.88. The van der Waals surface area contributed by atoms with Gasteiger partial charge in [-0.2, -0.15) is 0 Å². The highest BCUT2D eigenvalue weighted by molar-refractivity contribution is 6.51. The SMILES string of the molecule is C[Si]c1ccc(-c2cccc3ccccc23)cc1. The van der Waals surface area contributed by atoms with Gasteiger partial charge in [-0.15, -0.1) is 0 Å². The highest BCUT2D eigenvalue weighted by Crippen LogP contribution is 2.27. The number of fused-ring (bicyclic) bond motifs is 1. The molecule has 0 spiro atoms. The molecule has 0 nitrogen and oxygen atoms in total. The molecule has 0 aliphatic heterocycles. The quantitative estimate of drug-likeness (QED) is 0.602. The van der Waals surface area contributed by atoms with E-state index < -0.39 is 0 Å². The molecule has 1 heteroatoms. The second-order valence-corrected chi connectivity index (χ2v) is 5.43. The van der Waals surface area contributed by atoms with E-state index in [0.717, 1.165) is 9.52 Å². The van der Waals surface area contributed by atoms with Crippen molar-refractivity contribution >= 4 is 25.5 Å². The van der Waals surface area contributed by atoms with Gasteiger partial charge in [0.2, 0.25) is 0 Å². The van der Waals surface area contributed by atoms with E-state index in [0.29, 0.717) is 0 Å². The first-order valence-electron chi connectivity index (χ1n) is 6.14. The van der Waals surface area contributed by atoms with Crippen LogP contribution in [0.3, 0.4) is 0 Å². The second kappa shape index (κ2) is 4.79. The first kappa shape index (κ1) is 11.2. The highest BCUT2D eigenvalue weighted by Gasteiger charge is 2.02. The van der Waals surface area contributed by atoms with Crippen molar-refractivity contribution in [2.75, 3.05) is 0 Å². The minimum Gasteiger partial charge on any atom is -0.0688 e. The molecule has 0 saturated carbocycles. The fourth-order valence-corrected chi connectivity index (χ4v) is 2.79. The monoisotopic (exact) mass is 246 g/mol. The van der Waals surface area contributed by atoms with Gasteiger partial charge in [-0.3, -0.25) is 0 Å². The molecule has 0 amide bonds. The van der Waals surface area contributed by atoms with Crippen LogP contribution in [0.2, 0.25) is 6.55 Å². The summed E-state index contributed by atoms with van der Waals surface area (Å²) in [5.74, 6) is 0. The zero-order valence-corrected chi connectivity index (χ0v) is 11.4. The Labute approximate surface area is 110 Å². The molecule has 86 valence electrons. The summed E-state index contributed by atoms with van der Waals surface area (Å²) in [5, 5.41) is 4.04. The lowest BCUT2D eigenvalue weighted by molar-refractivity contribution is 1.67. The molecular weight excluding hydrogens is 232 g/mol. The van der Waals surface area contributed by atoms with Crippen molar-refractivity contribution in [1.29, 1.82) is 0 Å². The number of hydrogen-bond acceptors (Lipinski definition) is 0. The fraction of sp³-hybridized carbons (Fsp3) is 0.0588. The van der Waals surface area contributed by atoms with Crippen molar-refractivity contribution in [2.24, 2.45) is 0 Å². The molecule has 0 aliphatic rings. The van der Waals surface area contributed by atoms with E-state index in [2.05, 4.69) is 73.3 Å². The summed E-state index contributed by atoms with van der Waals surface area (Å²) in [4.78, 5) is 0. The van der Waals surface area contributed by atoms with Gasteiger partial charge >= 0.3 is 0 Å². The van der Waals surface area contributed by atoms with Crippen LogP contribution in [-0.2, 0) is 0 Å². The Bertz CT molecular complexity index is 663. The maximum Gasteiger partial charge on any atom is 0.0773 e. The fourth-order valence-electron chi connectivity index (χ4n) is 2.29. The molecule has 3 aromatic carbocycles. The van der Waals surface area contributed by atoms with Gasteiger partial charge in [0.1, 0.15) is 0 Å². The molecule has 18 heavy (non-hydrogen) atoms. The van der Waals surface area contributed by atoms with Crippen LogP contribution in [-0.4, -0.2) is 9.52 Å². The Morgan fingerprint density at radius 3 is 2.22 bits per heavy atom. The molecule has 0 N–H and O–H groups in total. The van der Waals surface area contributed by atoms with Crippen LogP contribution in [0, 0.1) is 0 Å². The van der Waals surface area contributed by atoms with Crippen LogP contribution >= 0.6 is 0 Å². The summed E-state index contributed by atoms with van der Waals surface area (Å²) >= 11 is 0. The predicted molar refractivity (Wildman–Crippen MR) is 80.6 cm³/mol. The second-order valence-electron chi connectivity index (χ2n) is 4.35. The van der Waals surface area contributed by atoms with E-state index in [-0.39, 0.29) is 0 Å². The van der Waals surface area contributed by atoms with Crippen molar-refractivity contribution in [1.82, 2.24) is 0 Å². The summed E-state index contributed by atoms with van der Waals surface area (Å²) in [6.07, 6.45) is 0. The Hall–Kier alpha value is -1.86. The molecule has 0 aliphatic carbocycles. The smallest absolute Gasteiger partial charge is 0.0688 e. The first-order valence-corrected chi connectivity index (χ1v) is 7.64. The molecule has 0 aromatic heterocycles. The van der Waals surface area contributed by atoms with E-state index in [4.69, 9.17) is 0 Å². The largest absolute Gasteiger partial charge is 0.0773 e. The van der Waals surface area contributed by atoms with E-state index in [1.807, 2.05) is 0 Å². The van der Waals surface area contributed by atoms with Gasteiger partial charge in [0.15, 0.2) is 0 Å². The summed E-state index contributed by atoms with van der Waals surface area (Å²) < 4.78 is 0. The molecule has 0 saturated heterocycles. The number of hydrogen-bond donors (Lipinski definition) is 0.